The number of hydrogen-bond acceptors (Lipinski definition) is 5. The second kappa shape index (κ2) is 6.32. The van der Waals surface area contributed by atoms with Crippen molar-refractivity contribution in [3.63, 3.8) is 0 Å². The van der Waals surface area contributed by atoms with Crippen LogP contribution in [0.5, 0.6) is 0 Å². The molecule has 0 aromatic carbocycles. The van der Waals surface area contributed by atoms with Gasteiger partial charge in [0.2, 0.25) is 5.91 Å². The summed E-state index contributed by atoms with van der Waals surface area (Å²) in [4.78, 5) is 27.4. The van der Waals surface area contributed by atoms with E-state index in [1.54, 1.807) is 5.38 Å². The van der Waals surface area contributed by atoms with Crippen LogP contribution in [0.2, 0.25) is 0 Å². The Morgan fingerprint density at radius 1 is 1.40 bits per heavy atom. The minimum Gasteiger partial charge on any atom is -0.369 e. The number of thiazole rings is 1. The van der Waals surface area contributed by atoms with Gasteiger partial charge in [0.15, 0.2) is 0 Å². The lowest BCUT2D eigenvalue weighted by molar-refractivity contribution is -0.122. The summed E-state index contributed by atoms with van der Waals surface area (Å²) in [5.74, 6) is -0.460. The van der Waals surface area contributed by atoms with E-state index in [9.17, 15) is 9.59 Å². The van der Waals surface area contributed by atoms with Crippen molar-refractivity contribution in [2.45, 2.75) is 44.7 Å². The zero-order chi connectivity index (χ0) is 14.7. The van der Waals surface area contributed by atoms with Crippen LogP contribution < -0.4 is 16.8 Å². The van der Waals surface area contributed by atoms with Gasteiger partial charge in [-0.15, -0.1) is 11.3 Å². The molecule has 1 fully saturated rings. The molecule has 5 N–H and O–H groups in total. The number of nitrogens with two attached hydrogens (primary N) is 2. The minimum absolute atomic E-state index is 0.0490. The molecule has 2 amide bonds. The summed E-state index contributed by atoms with van der Waals surface area (Å²) >= 11 is 1.39. The molecule has 7 heteroatoms. The molecule has 1 aromatic heterocycles. The van der Waals surface area contributed by atoms with Gasteiger partial charge in [0.25, 0.3) is 5.91 Å². The van der Waals surface area contributed by atoms with Crippen molar-refractivity contribution >= 4 is 23.2 Å². The quantitative estimate of drug-likeness (QED) is 0.767. The van der Waals surface area contributed by atoms with Crippen LogP contribution in [0.25, 0.3) is 0 Å². The van der Waals surface area contributed by atoms with E-state index in [0.717, 1.165) is 30.7 Å². The van der Waals surface area contributed by atoms with Crippen LogP contribution in [0.15, 0.2) is 5.38 Å². The minimum atomic E-state index is -0.240. The number of nitrogens with one attached hydrogen (secondary N) is 1. The van der Waals surface area contributed by atoms with E-state index in [1.165, 1.54) is 11.3 Å². The number of carbonyl (C=O) groups excluding carboxylic acids is 2. The first-order valence-corrected chi connectivity index (χ1v) is 7.66. The average molecular weight is 296 g/mol. The highest BCUT2D eigenvalue weighted by molar-refractivity contribution is 7.09. The number of aromatic nitrogens is 1. The average Bonchev–Trinajstić information content (AvgIpc) is 2.89. The molecule has 0 bridgehead atoms. The predicted molar refractivity (Wildman–Crippen MR) is 77.1 cm³/mol. The Kier molecular flexibility index (Phi) is 4.72. The van der Waals surface area contributed by atoms with Gasteiger partial charge >= 0.3 is 0 Å². The molecule has 0 spiro atoms. The molecule has 1 aromatic rings. The number of primary amides is 1. The molecule has 1 atom stereocenters. The number of rotatable bonds is 4. The molecular weight excluding hydrogens is 276 g/mol. The second-order valence-corrected chi connectivity index (χ2v) is 6.17. The molecule has 0 aliphatic heterocycles. The SMILES string of the molecule is CC(N)c1nc(C(=O)NC2CCC(C(N)=O)CC2)cs1. The molecule has 2 rings (SSSR count). The van der Waals surface area contributed by atoms with E-state index in [-0.39, 0.29) is 29.8 Å². The summed E-state index contributed by atoms with van der Waals surface area (Å²) in [6, 6.07) is -0.0638. The molecule has 110 valence electrons. The predicted octanol–water partition coefficient (Wildman–Crippen LogP) is 0.937. The monoisotopic (exact) mass is 296 g/mol. The number of nitrogens with zero attached hydrogens (tertiary/aromatic N) is 1. The molecule has 1 saturated carbocycles. The van der Waals surface area contributed by atoms with Crippen molar-refractivity contribution in [3.8, 4) is 0 Å². The van der Waals surface area contributed by atoms with Crippen LogP contribution in [0.3, 0.4) is 0 Å². The fourth-order valence-corrected chi connectivity index (χ4v) is 3.14. The third-order valence-electron chi connectivity index (χ3n) is 3.61. The molecule has 1 aliphatic carbocycles. The van der Waals surface area contributed by atoms with Crippen LogP contribution in [0.1, 0.15) is 54.1 Å². The lowest BCUT2D eigenvalue weighted by Gasteiger charge is -2.27. The van der Waals surface area contributed by atoms with Gasteiger partial charge < -0.3 is 16.8 Å². The summed E-state index contributed by atoms with van der Waals surface area (Å²) in [6.07, 6.45) is 3.04. The van der Waals surface area contributed by atoms with Gasteiger partial charge in [-0.2, -0.15) is 0 Å². The van der Waals surface area contributed by atoms with Gasteiger partial charge in [0, 0.05) is 17.3 Å². The summed E-state index contributed by atoms with van der Waals surface area (Å²) < 4.78 is 0. The Hall–Kier alpha value is -1.47. The van der Waals surface area contributed by atoms with E-state index in [4.69, 9.17) is 11.5 Å². The van der Waals surface area contributed by atoms with Crippen LogP contribution in [0, 0.1) is 5.92 Å². The third-order valence-corrected chi connectivity index (χ3v) is 4.65. The molecule has 1 aliphatic rings. The molecule has 1 heterocycles. The van der Waals surface area contributed by atoms with E-state index < -0.39 is 0 Å². The van der Waals surface area contributed by atoms with Crippen molar-refractivity contribution in [3.05, 3.63) is 16.1 Å². The number of hydrogen-bond donors (Lipinski definition) is 3. The largest absolute Gasteiger partial charge is 0.369 e. The normalized spacial score (nSPS) is 24.1. The Balaban J connectivity index is 1.87. The lowest BCUT2D eigenvalue weighted by atomic mass is 9.85. The van der Waals surface area contributed by atoms with E-state index in [2.05, 4.69) is 10.3 Å². The molecule has 0 saturated heterocycles. The standard InChI is InChI=1S/C13H20N4O2S/c1-7(14)13-17-10(6-20-13)12(19)16-9-4-2-8(3-5-9)11(15)18/h6-9H,2-5,14H2,1H3,(H2,15,18)(H,16,19). The maximum absolute atomic E-state index is 12.1. The Labute approximate surface area is 121 Å². The van der Waals surface area contributed by atoms with Gasteiger partial charge in [-0.1, -0.05) is 0 Å². The van der Waals surface area contributed by atoms with Crippen molar-refractivity contribution < 1.29 is 9.59 Å². The summed E-state index contributed by atoms with van der Waals surface area (Å²) in [6.45, 7) is 1.84. The highest BCUT2D eigenvalue weighted by Crippen LogP contribution is 2.24. The van der Waals surface area contributed by atoms with Gasteiger partial charge in [-0.25, -0.2) is 4.98 Å². The highest BCUT2D eigenvalue weighted by atomic mass is 32.1. The molecular formula is C13H20N4O2S. The third kappa shape index (κ3) is 3.55. The molecule has 1 unspecified atom stereocenters. The van der Waals surface area contributed by atoms with Crippen LogP contribution in [-0.2, 0) is 4.79 Å². The molecule has 6 nitrogen and oxygen atoms in total. The second-order valence-electron chi connectivity index (χ2n) is 5.28. The maximum Gasteiger partial charge on any atom is 0.270 e. The van der Waals surface area contributed by atoms with Crippen LogP contribution >= 0.6 is 11.3 Å². The maximum atomic E-state index is 12.1. The fraction of sp³-hybridized carbons (Fsp3) is 0.615. The van der Waals surface area contributed by atoms with Crippen molar-refractivity contribution in [2.75, 3.05) is 0 Å². The molecule has 0 radical (unpaired) electrons. The van der Waals surface area contributed by atoms with E-state index in [1.807, 2.05) is 6.92 Å². The first-order valence-electron chi connectivity index (χ1n) is 6.78. The van der Waals surface area contributed by atoms with Crippen LogP contribution in [0.4, 0.5) is 0 Å². The van der Waals surface area contributed by atoms with Crippen LogP contribution in [-0.4, -0.2) is 22.8 Å². The Morgan fingerprint density at radius 3 is 2.55 bits per heavy atom. The van der Waals surface area contributed by atoms with Gasteiger partial charge in [0.05, 0.1) is 6.04 Å². The van der Waals surface area contributed by atoms with Crippen molar-refractivity contribution in [1.82, 2.24) is 10.3 Å². The van der Waals surface area contributed by atoms with E-state index >= 15 is 0 Å². The van der Waals surface area contributed by atoms with E-state index in [0.29, 0.717) is 5.69 Å². The smallest absolute Gasteiger partial charge is 0.270 e. The lowest BCUT2D eigenvalue weighted by Crippen LogP contribution is -2.39. The Morgan fingerprint density at radius 2 is 2.05 bits per heavy atom. The van der Waals surface area contributed by atoms with Crippen molar-refractivity contribution in [1.29, 1.82) is 0 Å². The summed E-state index contributed by atoms with van der Waals surface area (Å²) in [5.41, 5.74) is 11.4. The van der Waals surface area contributed by atoms with Crippen molar-refractivity contribution in [2.24, 2.45) is 17.4 Å². The topological polar surface area (TPSA) is 111 Å². The first-order chi connectivity index (χ1) is 9.47. The van der Waals surface area contributed by atoms with Gasteiger partial charge in [-0.3, -0.25) is 9.59 Å². The molecule has 20 heavy (non-hydrogen) atoms. The summed E-state index contributed by atoms with van der Waals surface area (Å²) in [5, 5.41) is 5.44. The first kappa shape index (κ1) is 14.9. The Bertz CT molecular complexity index is 492. The number of carbonyl (C=O) groups is 2. The fourth-order valence-electron chi connectivity index (χ4n) is 2.38. The summed E-state index contributed by atoms with van der Waals surface area (Å²) in [7, 11) is 0. The zero-order valence-corrected chi connectivity index (χ0v) is 12.3. The van der Waals surface area contributed by atoms with Gasteiger partial charge in [-0.05, 0) is 32.6 Å². The van der Waals surface area contributed by atoms with Gasteiger partial charge in [0.1, 0.15) is 10.7 Å². The zero-order valence-electron chi connectivity index (χ0n) is 11.5. The number of amides is 2. The highest BCUT2D eigenvalue weighted by Gasteiger charge is 2.26.